The number of hydrogen-bond acceptors (Lipinski definition) is 2. The van der Waals surface area contributed by atoms with Gasteiger partial charge in [-0.05, 0) is 47.6 Å². The van der Waals surface area contributed by atoms with E-state index in [1.54, 1.807) is 17.8 Å². The minimum Gasteiger partial charge on any atom is -0.355 e. The van der Waals surface area contributed by atoms with Gasteiger partial charge in [-0.2, -0.15) is 0 Å². The first kappa shape index (κ1) is 21.1. The smallest absolute Gasteiger partial charge is 0.230 e. The fraction of sp³-hybridized carbons (Fsp3) is 0.381. The Morgan fingerprint density at radius 2 is 1.73 bits per heavy atom. The van der Waals surface area contributed by atoms with Crippen molar-refractivity contribution in [2.45, 2.75) is 38.4 Å². The van der Waals surface area contributed by atoms with Crippen molar-refractivity contribution in [3.63, 3.8) is 0 Å². The maximum absolute atomic E-state index is 11.9. The highest BCUT2D eigenvalue weighted by atomic mass is 35.5. The Balaban J connectivity index is 1.60. The molecule has 0 aliphatic carbocycles. The lowest BCUT2D eigenvalue weighted by atomic mass is 10.0. The van der Waals surface area contributed by atoms with Crippen LogP contribution in [0.4, 0.5) is 0 Å². The van der Waals surface area contributed by atoms with Gasteiger partial charge in [0.05, 0.1) is 15.8 Å². The topological polar surface area (TPSA) is 29.1 Å². The summed E-state index contributed by atoms with van der Waals surface area (Å²) in [4.78, 5) is 11.9. The molecule has 2 rings (SSSR count). The Labute approximate surface area is 170 Å². The van der Waals surface area contributed by atoms with Crippen molar-refractivity contribution >= 4 is 40.9 Å². The number of thioether (sulfide) groups is 1. The second-order valence-corrected chi connectivity index (χ2v) is 8.39. The van der Waals surface area contributed by atoms with Crippen LogP contribution < -0.4 is 5.32 Å². The molecule has 0 saturated heterocycles. The third-order valence-electron chi connectivity index (χ3n) is 4.10. The number of carbonyl (C=O) groups is 1. The van der Waals surface area contributed by atoms with E-state index in [4.69, 9.17) is 23.2 Å². The molecule has 0 bridgehead atoms. The molecule has 0 aliphatic heterocycles. The Bertz CT molecular complexity index is 716. The molecule has 0 aromatic heterocycles. The second-order valence-electron chi connectivity index (χ2n) is 6.59. The van der Waals surface area contributed by atoms with Gasteiger partial charge in [-0.3, -0.25) is 4.79 Å². The molecule has 0 unspecified atom stereocenters. The van der Waals surface area contributed by atoms with E-state index in [0.29, 0.717) is 28.3 Å². The maximum Gasteiger partial charge on any atom is 0.230 e. The van der Waals surface area contributed by atoms with Gasteiger partial charge < -0.3 is 5.32 Å². The van der Waals surface area contributed by atoms with Crippen molar-refractivity contribution in [1.82, 2.24) is 5.32 Å². The van der Waals surface area contributed by atoms with Gasteiger partial charge in [-0.25, -0.2) is 0 Å². The Morgan fingerprint density at radius 1 is 1.04 bits per heavy atom. The molecule has 0 aliphatic rings. The fourth-order valence-corrected chi connectivity index (χ4v) is 3.66. The molecule has 140 valence electrons. The lowest BCUT2D eigenvalue weighted by molar-refractivity contribution is -0.118. The van der Waals surface area contributed by atoms with Gasteiger partial charge in [0.2, 0.25) is 5.91 Å². The van der Waals surface area contributed by atoms with E-state index in [1.165, 1.54) is 11.1 Å². The van der Waals surface area contributed by atoms with Gasteiger partial charge in [0.25, 0.3) is 0 Å². The highest BCUT2D eigenvalue weighted by Crippen LogP contribution is 2.24. The third-order valence-corrected chi connectivity index (χ3v) is 5.84. The highest BCUT2D eigenvalue weighted by Gasteiger charge is 2.04. The van der Waals surface area contributed by atoms with Crippen LogP contribution in [0, 0.1) is 0 Å². The van der Waals surface area contributed by atoms with Crippen molar-refractivity contribution in [3.8, 4) is 0 Å². The second kappa shape index (κ2) is 10.9. The van der Waals surface area contributed by atoms with E-state index >= 15 is 0 Å². The van der Waals surface area contributed by atoms with Crippen LogP contribution in [0.15, 0.2) is 42.5 Å². The van der Waals surface area contributed by atoms with Crippen molar-refractivity contribution < 1.29 is 4.79 Å². The standard InChI is InChI=1S/C21H25Cl2NOS/c1-15(2)18-8-5-16(6-9-18)4-3-11-24-21(25)14-26-13-17-7-10-19(22)20(23)12-17/h5-10,12,15H,3-4,11,13-14H2,1-2H3,(H,24,25). The summed E-state index contributed by atoms with van der Waals surface area (Å²) in [5.41, 5.74) is 3.75. The van der Waals surface area contributed by atoms with Crippen LogP contribution in [-0.4, -0.2) is 18.2 Å². The average molecular weight is 410 g/mol. The Morgan fingerprint density at radius 3 is 2.38 bits per heavy atom. The number of amides is 1. The van der Waals surface area contributed by atoms with E-state index in [0.717, 1.165) is 24.2 Å². The molecule has 0 atom stereocenters. The first-order chi connectivity index (χ1) is 12.5. The summed E-state index contributed by atoms with van der Waals surface area (Å²) in [5.74, 6) is 1.82. The number of aryl methyl sites for hydroxylation is 1. The molecule has 0 spiro atoms. The van der Waals surface area contributed by atoms with Crippen LogP contribution in [-0.2, 0) is 17.0 Å². The molecule has 2 aromatic carbocycles. The summed E-state index contributed by atoms with van der Waals surface area (Å²) in [7, 11) is 0. The van der Waals surface area contributed by atoms with Crippen LogP contribution in [0.5, 0.6) is 0 Å². The lowest BCUT2D eigenvalue weighted by Crippen LogP contribution is -2.26. The van der Waals surface area contributed by atoms with Crippen molar-refractivity contribution in [2.75, 3.05) is 12.3 Å². The van der Waals surface area contributed by atoms with Crippen LogP contribution in [0.25, 0.3) is 0 Å². The number of halogens is 2. The largest absolute Gasteiger partial charge is 0.355 e. The quantitative estimate of drug-likeness (QED) is 0.506. The van der Waals surface area contributed by atoms with Crippen LogP contribution in [0.2, 0.25) is 10.0 Å². The Kier molecular flexibility index (Phi) is 8.83. The molecular weight excluding hydrogens is 385 g/mol. The van der Waals surface area contributed by atoms with Crippen molar-refractivity contribution in [3.05, 3.63) is 69.2 Å². The summed E-state index contributed by atoms with van der Waals surface area (Å²) >= 11 is 13.5. The number of nitrogens with one attached hydrogen (secondary N) is 1. The SMILES string of the molecule is CC(C)c1ccc(CCCNC(=O)CSCc2ccc(Cl)c(Cl)c2)cc1. The van der Waals surface area contributed by atoms with Gasteiger partial charge >= 0.3 is 0 Å². The molecule has 0 saturated carbocycles. The summed E-state index contributed by atoms with van der Waals surface area (Å²) < 4.78 is 0. The number of hydrogen-bond donors (Lipinski definition) is 1. The summed E-state index contributed by atoms with van der Waals surface area (Å²) in [5, 5.41) is 4.09. The highest BCUT2D eigenvalue weighted by molar-refractivity contribution is 7.99. The number of rotatable bonds is 9. The maximum atomic E-state index is 11.9. The normalized spacial score (nSPS) is 11.0. The summed E-state index contributed by atoms with van der Waals surface area (Å²) in [6, 6.07) is 14.3. The minimum absolute atomic E-state index is 0.0743. The first-order valence-electron chi connectivity index (χ1n) is 8.83. The van der Waals surface area contributed by atoms with E-state index in [1.807, 2.05) is 12.1 Å². The molecule has 26 heavy (non-hydrogen) atoms. The van der Waals surface area contributed by atoms with Gasteiger partial charge in [0.15, 0.2) is 0 Å². The molecule has 0 heterocycles. The first-order valence-corrected chi connectivity index (χ1v) is 10.7. The molecule has 0 fully saturated rings. The lowest BCUT2D eigenvalue weighted by Gasteiger charge is -2.08. The van der Waals surface area contributed by atoms with Gasteiger partial charge in [0, 0.05) is 12.3 Å². The molecule has 2 nitrogen and oxygen atoms in total. The number of carbonyl (C=O) groups excluding carboxylic acids is 1. The molecule has 1 amide bonds. The summed E-state index contributed by atoms with van der Waals surface area (Å²) in [6.07, 6.45) is 1.93. The van der Waals surface area contributed by atoms with Crippen LogP contribution >= 0.6 is 35.0 Å². The molecule has 2 aromatic rings. The van der Waals surface area contributed by atoms with E-state index in [-0.39, 0.29) is 5.91 Å². The monoisotopic (exact) mass is 409 g/mol. The number of benzene rings is 2. The Hall–Kier alpha value is -1.16. The van der Waals surface area contributed by atoms with E-state index in [2.05, 4.69) is 43.4 Å². The predicted molar refractivity (Wildman–Crippen MR) is 114 cm³/mol. The zero-order valence-electron chi connectivity index (χ0n) is 15.2. The van der Waals surface area contributed by atoms with Crippen molar-refractivity contribution in [2.24, 2.45) is 0 Å². The molecule has 5 heteroatoms. The fourth-order valence-electron chi connectivity index (χ4n) is 2.53. The van der Waals surface area contributed by atoms with Crippen LogP contribution in [0.1, 0.15) is 42.9 Å². The molecular formula is C21H25Cl2NOS. The van der Waals surface area contributed by atoms with Gasteiger partial charge in [0.1, 0.15) is 0 Å². The van der Waals surface area contributed by atoms with E-state index < -0.39 is 0 Å². The molecule has 0 radical (unpaired) electrons. The predicted octanol–water partition coefficient (Wildman–Crippen LogP) is 6.10. The third kappa shape index (κ3) is 7.22. The zero-order valence-corrected chi connectivity index (χ0v) is 17.6. The summed E-state index contributed by atoms with van der Waals surface area (Å²) in [6.45, 7) is 5.10. The zero-order chi connectivity index (χ0) is 18.9. The van der Waals surface area contributed by atoms with Crippen molar-refractivity contribution in [1.29, 1.82) is 0 Å². The average Bonchev–Trinajstić information content (AvgIpc) is 2.62. The minimum atomic E-state index is 0.0743. The van der Waals surface area contributed by atoms with Gasteiger partial charge in [-0.1, -0.05) is 67.4 Å². The van der Waals surface area contributed by atoms with E-state index in [9.17, 15) is 4.79 Å². The molecule has 1 N–H and O–H groups in total. The van der Waals surface area contributed by atoms with Gasteiger partial charge in [-0.15, -0.1) is 11.8 Å². The van der Waals surface area contributed by atoms with Crippen LogP contribution in [0.3, 0.4) is 0 Å².